The highest BCUT2D eigenvalue weighted by Gasteiger charge is 2.01. The second kappa shape index (κ2) is 5.85. The molecule has 0 aliphatic rings. The Balaban J connectivity index is 1.92. The average molecular weight is 261 g/mol. The molecular formula is C12H15N5O2. The highest BCUT2D eigenvalue weighted by atomic mass is 16.5. The van der Waals surface area contributed by atoms with E-state index in [1.165, 1.54) is 0 Å². The molecular weight excluding hydrogens is 246 g/mol. The second-order valence-corrected chi connectivity index (χ2v) is 3.90. The number of aromatic nitrogens is 3. The topological polar surface area (TPSA) is 95.1 Å². The van der Waals surface area contributed by atoms with Gasteiger partial charge in [-0.05, 0) is 24.1 Å². The maximum absolute atomic E-state index is 11.2. The van der Waals surface area contributed by atoms with Gasteiger partial charge in [-0.2, -0.15) is 4.68 Å². The zero-order valence-electron chi connectivity index (χ0n) is 10.5. The molecule has 7 nitrogen and oxygen atoms in total. The summed E-state index contributed by atoms with van der Waals surface area (Å²) in [5.74, 6) is 6.59. The molecule has 0 aliphatic carbocycles. The van der Waals surface area contributed by atoms with Gasteiger partial charge < -0.3 is 15.9 Å². The van der Waals surface area contributed by atoms with Crippen LogP contribution in [0.15, 0.2) is 35.3 Å². The number of hydrogen-bond donors (Lipinski definition) is 2. The van der Waals surface area contributed by atoms with E-state index >= 15 is 0 Å². The van der Waals surface area contributed by atoms with Gasteiger partial charge in [-0.15, -0.1) is 10.2 Å². The molecule has 1 aromatic carbocycles. The first-order chi connectivity index (χ1) is 9.20. The predicted molar refractivity (Wildman–Crippen MR) is 71.6 cm³/mol. The van der Waals surface area contributed by atoms with Crippen molar-refractivity contribution in [2.75, 3.05) is 24.8 Å². The Labute approximate surface area is 110 Å². The molecule has 0 saturated heterocycles. The predicted octanol–water partition coefficient (Wildman–Crippen LogP) is 0.0153. The second-order valence-electron chi connectivity index (χ2n) is 3.90. The molecule has 0 aliphatic heterocycles. The molecule has 0 bridgehead atoms. The van der Waals surface area contributed by atoms with Crippen molar-refractivity contribution in [2.24, 2.45) is 0 Å². The summed E-state index contributed by atoms with van der Waals surface area (Å²) in [6.45, 7) is 0.599. The molecule has 7 heteroatoms. The van der Waals surface area contributed by atoms with E-state index in [1.807, 2.05) is 24.3 Å². The van der Waals surface area contributed by atoms with Crippen LogP contribution in [0.25, 0.3) is 0 Å². The molecule has 1 aromatic heterocycles. The number of hydrogen-bond acceptors (Lipinski definition) is 6. The number of anilines is 1. The van der Waals surface area contributed by atoms with E-state index in [0.29, 0.717) is 6.54 Å². The monoisotopic (exact) mass is 261 g/mol. The average Bonchev–Trinajstić information content (AvgIpc) is 2.44. The third-order valence-electron chi connectivity index (χ3n) is 2.64. The van der Waals surface area contributed by atoms with Crippen molar-refractivity contribution in [3.8, 4) is 5.75 Å². The molecule has 0 spiro atoms. The quantitative estimate of drug-likeness (QED) is 0.736. The van der Waals surface area contributed by atoms with Gasteiger partial charge in [-0.3, -0.25) is 4.79 Å². The van der Waals surface area contributed by atoms with Crippen LogP contribution in [-0.2, 0) is 6.42 Å². The maximum atomic E-state index is 11.2. The summed E-state index contributed by atoms with van der Waals surface area (Å²) >= 11 is 0. The molecule has 0 radical (unpaired) electrons. The van der Waals surface area contributed by atoms with Crippen LogP contribution in [0.5, 0.6) is 5.75 Å². The van der Waals surface area contributed by atoms with E-state index in [9.17, 15) is 4.79 Å². The first-order valence-electron chi connectivity index (χ1n) is 5.77. The molecule has 19 heavy (non-hydrogen) atoms. The van der Waals surface area contributed by atoms with Crippen LogP contribution in [0.4, 0.5) is 5.95 Å². The normalized spacial score (nSPS) is 10.2. The number of benzene rings is 1. The SMILES string of the molecule is COc1ccc(CCNc2nncc(=O)n2N)cc1. The molecule has 1 heterocycles. The van der Waals surface area contributed by atoms with E-state index in [-0.39, 0.29) is 5.95 Å². The maximum Gasteiger partial charge on any atom is 0.292 e. The molecule has 0 atom stereocenters. The molecule has 2 rings (SSSR count). The van der Waals surface area contributed by atoms with Crippen LogP contribution in [0.3, 0.4) is 0 Å². The van der Waals surface area contributed by atoms with E-state index < -0.39 is 5.56 Å². The van der Waals surface area contributed by atoms with Gasteiger partial charge in [0.1, 0.15) is 11.9 Å². The van der Waals surface area contributed by atoms with Gasteiger partial charge in [0.05, 0.1) is 7.11 Å². The first-order valence-corrected chi connectivity index (χ1v) is 5.77. The lowest BCUT2D eigenvalue weighted by atomic mass is 10.1. The number of rotatable bonds is 5. The summed E-state index contributed by atoms with van der Waals surface area (Å²) < 4.78 is 6.01. The summed E-state index contributed by atoms with van der Waals surface area (Å²) in [4.78, 5) is 11.2. The minimum absolute atomic E-state index is 0.251. The van der Waals surface area contributed by atoms with Crippen LogP contribution < -0.4 is 21.5 Å². The van der Waals surface area contributed by atoms with Crippen LogP contribution in [0.1, 0.15) is 5.56 Å². The summed E-state index contributed by atoms with van der Waals surface area (Å²) in [6.07, 6.45) is 1.84. The lowest BCUT2D eigenvalue weighted by Gasteiger charge is -2.08. The Morgan fingerprint density at radius 2 is 2.11 bits per heavy atom. The van der Waals surface area contributed by atoms with Crippen molar-refractivity contribution in [1.29, 1.82) is 0 Å². The minimum Gasteiger partial charge on any atom is -0.497 e. The van der Waals surface area contributed by atoms with Gasteiger partial charge in [0, 0.05) is 6.54 Å². The Kier molecular flexibility index (Phi) is 3.97. The van der Waals surface area contributed by atoms with Crippen LogP contribution in [0.2, 0.25) is 0 Å². The number of methoxy groups -OCH3 is 1. The smallest absolute Gasteiger partial charge is 0.292 e. The third kappa shape index (κ3) is 3.21. The molecule has 3 N–H and O–H groups in total. The summed E-state index contributed by atoms with van der Waals surface area (Å²) in [6, 6.07) is 7.76. The van der Waals surface area contributed by atoms with E-state index in [2.05, 4.69) is 15.5 Å². The number of nitrogens with one attached hydrogen (secondary N) is 1. The number of nitrogens with two attached hydrogens (primary N) is 1. The van der Waals surface area contributed by atoms with Crippen LogP contribution in [-0.4, -0.2) is 28.5 Å². The van der Waals surface area contributed by atoms with Gasteiger partial charge in [0.15, 0.2) is 0 Å². The number of nitrogen functional groups attached to an aromatic ring is 1. The van der Waals surface area contributed by atoms with Gasteiger partial charge >= 0.3 is 0 Å². The zero-order valence-corrected chi connectivity index (χ0v) is 10.5. The van der Waals surface area contributed by atoms with Crippen molar-refractivity contribution in [2.45, 2.75) is 6.42 Å². The van der Waals surface area contributed by atoms with Crippen LogP contribution in [0, 0.1) is 0 Å². The molecule has 0 saturated carbocycles. The molecule has 2 aromatic rings. The van der Waals surface area contributed by atoms with Crippen molar-refractivity contribution in [3.63, 3.8) is 0 Å². The van der Waals surface area contributed by atoms with Gasteiger partial charge in [0.25, 0.3) is 5.56 Å². The van der Waals surface area contributed by atoms with E-state index in [1.54, 1.807) is 7.11 Å². The standard InChI is InChI=1S/C12H15N5O2/c1-19-10-4-2-9(3-5-10)6-7-14-12-16-15-8-11(18)17(12)13/h2-5,8H,6-7,13H2,1H3,(H,14,16). The fraction of sp³-hybridized carbons (Fsp3) is 0.250. The molecule has 0 fully saturated rings. The fourth-order valence-corrected chi connectivity index (χ4v) is 1.58. The molecule has 0 amide bonds. The largest absolute Gasteiger partial charge is 0.497 e. The summed E-state index contributed by atoms with van der Waals surface area (Å²) in [7, 11) is 1.63. The van der Waals surface area contributed by atoms with Crippen molar-refractivity contribution in [3.05, 3.63) is 46.4 Å². The van der Waals surface area contributed by atoms with Crippen molar-refractivity contribution in [1.82, 2.24) is 14.9 Å². The first kappa shape index (κ1) is 12.9. The van der Waals surface area contributed by atoms with Crippen molar-refractivity contribution < 1.29 is 4.74 Å². The lowest BCUT2D eigenvalue weighted by molar-refractivity contribution is 0.414. The lowest BCUT2D eigenvalue weighted by Crippen LogP contribution is -2.31. The third-order valence-corrected chi connectivity index (χ3v) is 2.64. The van der Waals surface area contributed by atoms with Gasteiger partial charge in [-0.1, -0.05) is 12.1 Å². The Hall–Kier alpha value is -2.57. The fourth-order valence-electron chi connectivity index (χ4n) is 1.58. The summed E-state index contributed by atoms with van der Waals surface area (Å²) in [5.41, 5.74) is 0.741. The van der Waals surface area contributed by atoms with Crippen molar-refractivity contribution >= 4 is 5.95 Å². The Morgan fingerprint density at radius 3 is 2.79 bits per heavy atom. The Morgan fingerprint density at radius 1 is 1.37 bits per heavy atom. The highest BCUT2D eigenvalue weighted by Crippen LogP contribution is 2.11. The van der Waals surface area contributed by atoms with E-state index in [4.69, 9.17) is 10.6 Å². The minimum atomic E-state index is -0.401. The van der Waals surface area contributed by atoms with Gasteiger partial charge in [0.2, 0.25) is 5.95 Å². The summed E-state index contributed by atoms with van der Waals surface area (Å²) in [5, 5.41) is 10.3. The highest BCUT2D eigenvalue weighted by molar-refractivity contribution is 5.29. The number of nitrogens with zero attached hydrogens (tertiary/aromatic N) is 3. The Bertz CT molecular complexity index is 594. The van der Waals surface area contributed by atoms with E-state index in [0.717, 1.165) is 28.6 Å². The zero-order chi connectivity index (χ0) is 13.7. The molecule has 0 unspecified atom stereocenters. The van der Waals surface area contributed by atoms with Gasteiger partial charge in [-0.25, -0.2) is 0 Å². The van der Waals surface area contributed by atoms with Crippen LogP contribution >= 0.6 is 0 Å². The molecule has 100 valence electrons. The number of ether oxygens (including phenoxy) is 1.